The minimum absolute atomic E-state index is 0.00757. The number of imidazole rings is 1. The molecule has 130 valence electrons. The molecule has 3 rings (SSSR count). The Bertz CT molecular complexity index is 1090. The van der Waals surface area contributed by atoms with Crippen LogP contribution in [-0.2, 0) is 27.1 Å². The molecule has 0 fully saturated rings. The van der Waals surface area contributed by atoms with Crippen LogP contribution in [0.25, 0.3) is 11.2 Å². The summed E-state index contributed by atoms with van der Waals surface area (Å²) in [5, 5.41) is -0.00757. The van der Waals surface area contributed by atoms with E-state index in [1.807, 2.05) is 19.1 Å². The van der Waals surface area contributed by atoms with Gasteiger partial charge in [0.25, 0.3) is 5.56 Å². The zero-order valence-electron chi connectivity index (χ0n) is 14.1. The first-order valence-corrected chi connectivity index (χ1v) is 8.16. The largest absolute Gasteiger partial charge is 0.332 e. The van der Waals surface area contributed by atoms with Gasteiger partial charge in [0.05, 0.1) is 6.54 Å². The van der Waals surface area contributed by atoms with Crippen LogP contribution in [0.1, 0.15) is 22.8 Å². The third kappa shape index (κ3) is 2.80. The lowest BCUT2D eigenvalue weighted by Gasteiger charge is -2.07. The molecule has 7 nitrogen and oxygen atoms in total. The Morgan fingerprint density at radius 3 is 2.36 bits per heavy atom. The number of ketones is 1. The van der Waals surface area contributed by atoms with E-state index in [0.717, 1.165) is 16.6 Å². The Morgan fingerprint density at radius 1 is 1.12 bits per heavy atom. The quantitative estimate of drug-likeness (QED) is 0.522. The van der Waals surface area contributed by atoms with Crippen LogP contribution < -0.4 is 11.2 Å². The SMILES string of the molecule is CCc1ccc(C(=O)Cn2c(Cl)nc3c2c(=O)n(C)c(=O)n3C)cc1. The highest BCUT2D eigenvalue weighted by atomic mass is 35.5. The van der Waals surface area contributed by atoms with Crippen LogP contribution in [0.5, 0.6) is 0 Å². The fraction of sp³-hybridized carbons (Fsp3) is 0.294. The predicted molar refractivity (Wildman–Crippen MR) is 95.4 cm³/mol. The van der Waals surface area contributed by atoms with E-state index in [9.17, 15) is 14.4 Å². The van der Waals surface area contributed by atoms with Gasteiger partial charge < -0.3 is 4.57 Å². The molecule has 0 unspecified atom stereocenters. The van der Waals surface area contributed by atoms with Gasteiger partial charge in [-0.15, -0.1) is 0 Å². The fourth-order valence-electron chi connectivity index (χ4n) is 2.73. The zero-order chi connectivity index (χ0) is 18.3. The highest BCUT2D eigenvalue weighted by Crippen LogP contribution is 2.17. The molecule has 0 N–H and O–H groups in total. The van der Waals surface area contributed by atoms with Crippen LogP contribution in [0, 0.1) is 0 Å². The first kappa shape index (κ1) is 17.2. The van der Waals surface area contributed by atoms with Crippen molar-refractivity contribution in [1.29, 1.82) is 0 Å². The van der Waals surface area contributed by atoms with Gasteiger partial charge in [0.1, 0.15) is 0 Å². The van der Waals surface area contributed by atoms with Crippen LogP contribution in [0.3, 0.4) is 0 Å². The van der Waals surface area contributed by atoms with E-state index >= 15 is 0 Å². The Balaban J connectivity index is 2.10. The van der Waals surface area contributed by atoms with Crippen LogP contribution >= 0.6 is 11.6 Å². The van der Waals surface area contributed by atoms with Gasteiger partial charge in [-0.25, -0.2) is 4.79 Å². The number of carbonyl (C=O) groups is 1. The van der Waals surface area contributed by atoms with Crippen molar-refractivity contribution in [2.45, 2.75) is 19.9 Å². The molecule has 0 spiro atoms. The van der Waals surface area contributed by atoms with E-state index in [-0.39, 0.29) is 28.8 Å². The van der Waals surface area contributed by atoms with Crippen molar-refractivity contribution >= 4 is 28.5 Å². The van der Waals surface area contributed by atoms with Crippen molar-refractivity contribution in [3.05, 3.63) is 61.5 Å². The number of hydrogen-bond donors (Lipinski definition) is 0. The van der Waals surface area contributed by atoms with E-state index in [4.69, 9.17) is 11.6 Å². The summed E-state index contributed by atoms with van der Waals surface area (Å²) >= 11 is 6.13. The number of aryl methyl sites for hydroxylation is 2. The molecule has 0 aliphatic rings. The molecule has 3 aromatic rings. The number of carbonyl (C=O) groups excluding carboxylic acids is 1. The van der Waals surface area contributed by atoms with Crippen molar-refractivity contribution in [2.24, 2.45) is 14.1 Å². The molecule has 2 heterocycles. The number of rotatable bonds is 4. The van der Waals surface area contributed by atoms with Crippen LogP contribution in [0.4, 0.5) is 0 Å². The second kappa shape index (κ2) is 6.33. The molecule has 0 radical (unpaired) electrons. The third-order valence-corrected chi connectivity index (χ3v) is 4.58. The van der Waals surface area contributed by atoms with E-state index < -0.39 is 11.2 Å². The molecule has 8 heteroatoms. The molecule has 0 amide bonds. The molecule has 1 aromatic carbocycles. The maximum atomic E-state index is 12.6. The summed E-state index contributed by atoms with van der Waals surface area (Å²) in [5.41, 5.74) is 0.913. The number of Topliss-reactive ketones (excluding diaryl/α,β-unsaturated/α-hetero) is 1. The van der Waals surface area contributed by atoms with Crippen molar-refractivity contribution < 1.29 is 4.79 Å². The van der Waals surface area contributed by atoms with Gasteiger partial charge in [-0.3, -0.25) is 18.7 Å². The number of nitrogens with zero attached hydrogens (tertiary/aromatic N) is 4. The lowest BCUT2D eigenvalue weighted by molar-refractivity contribution is 0.0973. The average Bonchev–Trinajstić information content (AvgIpc) is 2.94. The minimum Gasteiger partial charge on any atom is -0.301 e. The minimum atomic E-state index is -0.536. The standard InChI is InChI=1S/C17H17ClN4O3/c1-4-10-5-7-11(8-6-10)12(23)9-22-13-14(19-16(22)18)20(2)17(25)21(3)15(13)24/h5-8H,4,9H2,1-3H3. The zero-order valence-corrected chi connectivity index (χ0v) is 14.9. The molecule has 0 bridgehead atoms. The second-order valence-electron chi connectivity index (χ2n) is 5.82. The summed E-state index contributed by atoms with van der Waals surface area (Å²) < 4.78 is 3.55. The lowest BCUT2D eigenvalue weighted by atomic mass is 10.1. The fourth-order valence-corrected chi connectivity index (χ4v) is 2.95. The normalized spacial score (nSPS) is 11.2. The Kier molecular flexibility index (Phi) is 4.34. The number of fused-ring (bicyclic) bond motifs is 1. The van der Waals surface area contributed by atoms with Crippen molar-refractivity contribution in [3.8, 4) is 0 Å². The topological polar surface area (TPSA) is 78.9 Å². The molecule has 0 atom stereocenters. The summed E-state index contributed by atoms with van der Waals surface area (Å²) in [6.45, 7) is 1.91. The first-order valence-electron chi connectivity index (χ1n) is 7.79. The number of aromatic nitrogens is 4. The molecular formula is C17H17ClN4O3. The van der Waals surface area contributed by atoms with Gasteiger partial charge in [0, 0.05) is 19.7 Å². The summed E-state index contributed by atoms with van der Waals surface area (Å²) in [7, 11) is 2.88. The highest BCUT2D eigenvalue weighted by Gasteiger charge is 2.20. The molecule has 0 aliphatic carbocycles. The number of halogens is 1. The Labute approximate surface area is 148 Å². The van der Waals surface area contributed by atoms with Crippen molar-refractivity contribution in [3.63, 3.8) is 0 Å². The maximum absolute atomic E-state index is 12.6. The van der Waals surface area contributed by atoms with E-state index in [0.29, 0.717) is 5.56 Å². The van der Waals surface area contributed by atoms with E-state index in [2.05, 4.69) is 4.98 Å². The van der Waals surface area contributed by atoms with Crippen LogP contribution in [0.2, 0.25) is 5.28 Å². The molecule has 2 aromatic heterocycles. The smallest absolute Gasteiger partial charge is 0.301 e. The maximum Gasteiger partial charge on any atom is 0.332 e. The summed E-state index contributed by atoms with van der Waals surface area (Å²) in [4.78, 5) is 41.1. The molecular weight excluding hydrogens is 344 g/mol. The lowest BCUT2D eigenvalue weighted by Crippen LogP contribution is -2.37. The summed E-state index contributed by atoms with van der Waals surface area (Å²) in [6.07, 6.45) is 0.885. The molecule has 0 saturated heterocycles. The van der Waals surface area contributed by atoms with Gasteiger partial charge in [0.15, 0.2) is 16.9 Å². The average molecular weight is 361 g/mol. The van der Waals surface area contributed by atoms with Gasteiger partial charge in [-0.1, -0.05) is 31.2 Å². The van der Waals surface area contributed by atoms with Gasteiger partial charge in [-0.05, 0) is 23.6 Å². The second-order valence-corrected chi connectivity index (χ2v) is 6.16. The van der Waals surface area contributed by atoms with Crippen molar-refractivity contribution in [1.82, 2.24) is 18.7 Å². The molecule has 25 heavy (non-hydrogen) atoms. The van der Waals surface area contributed by atoms with E-state index in [1.165, 1.54) is 23.2 Å². The first-order chi connectivity index (χ1) is 11.8. The molecule has 0 saturated carbocycles. The summed E-state index contributed by atoms with van der Waals surface area (Å²) in [6, 6.07) is 7.29. The summed E-state index contributed by atoms with van der Waals surface area (Å²) in [5.74, 6) is -0.195. The van der Waals surface area contributed by atoms with Crippen LogP contribution in [-0.4, -0.2) is 24.5 Å². The van der Waals surface area contributed by atoms with Gasteiger partial charge in [0.2, 0.25) is 5.28 Å². The van der Waals surface area contributed by atoms with E-state index in [1.54, 1.807) is 12.1 Å². The highest BCUT2D eigenvalue weighted by molar-refractivity contribution is 6.29. The number of hydrogen-bond acceptors (Lipinski definition) is 4. The molecule has 0 aliphatic heterocycles. The van der Waals surface area contributed by atoms with Crippen LogP contribution in [0.15, 0.2) is 33.9 Å². The third-order valence-electron chi connectivity index (χ3n) is 4.29. The monoisotopic (exact) mass is 360 g/mol. The Hall–Kier alpha value is -2.67. The Morgan fingerprint density at radius 2 is 1.76 bits per heavy atom. The van der Waals surface area contributed by atoms with Gasteiger partial charge in [-0.2, -0.15) is 4.98 Å². The predicted octanol–water partition coefficient (Wildman–Crippen LogP) is 1.53. The number of benzene rings is 1. The van der Waals surface area contributed by atoms with Gasteiger partial charge >= 0.3 is 5.69 Å². The van der Waals surface area contributed by atoms with Crippen molar-refractivity contribution in [2.75, 3.05) is 0 Å².